The van der Waals surface area contributed by atoms with Gasteiger partial charge in [0.05, 0.1) is 13.2 Å². The summed E-state index contributed by atoms with van der Waals surface area (Å²) in [6.07, 6.45) is 2.05. The van der Waals surface area contributed by atoms with Crippen molar-refractivity contribution < 1.29 is 9.47 Å². The summed E-state index contributed by atoms with van der Waals surface area (Å²) >= 11 is 0. The van der Waals surface area contributed by atoms with Crippen molar-refractivity contribution in [3.63, 3.8) is 0 Å². The smallest absolute Gasteiger partial charge is 0.193 e. The molecule has 0 aliphatic heterocycles. The van der Waals surface area contributed by atoms with Crippen LogP contribution < -0.4 is 5.32 Å². The number of rotatable bonds is 11. The van der Waals surface area contributed by atoms with Crippen LogP contribution in [0.4, 0.5) is 0 Å². The van der Waals surface area contributed by atoms with E-state index < -0.39 is 0 Å². The average molecular weight is 463 g/mol. The first-order valence-electron chi connectivity index (χ1n) is 8.79. The number of aliphatic imine (C=N–C) groups is 1. The fourth-order valence-corrected chi connectivity index (χ4v) is 2.26. The second-order valence-electron chi connectivity index (χ2n) is 5.89. The molecule has 0 aromatic heterocycles. The summed E-state index contributed by atoms with van der Waals surface area (Å²) in [6.45, 7) is 8.84. The minimum atomic E-state index is 0. The van der Waals surface area contributed by atoms with E-state index in [1.165, 1.54) is 11.1 Å². The Bertz CT molecular complexity index is 466. The maximum atomic E-state index is 5.47. The molecule has 0 unspecified atom stereocenters. The lowest BCUT2D eigenvalue weighted by atomic mass is 10.1. The Labute approximate surface area is 170 Å². The van der Waals surface area contributed by atoms with Crippen molar-refractivity contribution in [3.05, 3.63) is 35.4 Å². The molecule has 1 aromatic rings. The van der Waals surface area contributed by atoms with Crippen LogP contribution in [0, 0.1) is 6.92 Å². The number of benzene rings is 1. The van der Waals surface area contributed by atoms with E-state index in [4.69, 9.17) is 14.5 Å². The fraction of sp³-hybridized carbons (Fsp3) is 0.632. The Morgan fingerprint density at radius 3 is 2.48 bits per heavy atom. The molecule has 0 radical (unpaired) electrons. The van der Waals surface area contributed by atoms with Crippen LogP contribution >= 0.6 is 24.0 Å². The maximum absolute atomic E-state index is 5.47. The van der Waals surface area contributed by atoms with Gasteiger partial charge in [0.25, 0.3) is 0 Å². The third-order valence-electron chi connectivity index (χ3n) is 3.63. The van der Waals surface area contributed by atoms with Gasteiger partial charge in [-0.3, -0.25) is 4.99 Å². The van der Waals surface area contributed by atoms with Crippen LogP contribution in [0.25, 0.3) is 0 Å². The number of guanidine groups is 1. The van der Waals surface area contributed by atoms with Crippen LogP contribution in [0.1, 0.15) is 30.9 Å². The molecule has 144 valence electrons. The summed E-state index contributed by atoms with van der Waals surface area (Å²) < 4.78 is 10.4. The number of hydrogen-bond acceptors (Lipinski definition) is 3. The van der Waals surface area contributed by atoms with Crippen LogP contribution in [0.2, 0.25) is 0 Å². The minimum absolute atomic E-state index is 0. The van der Waals surface area contributed by atoms with Gasteiger partial charge in [0.1, 0.15) is 0 Å². The Kier molecular flexibility index (Phi) is 14.9. The summed E-state index contributed by atoms with van der Waals surface area (Å²) in [5.41, 5.74) is 2.58. The number of aryl methyl sites for hydroxylation is 1. The average Bonchev–Trinajstić information content (AvgIpc) is 2.58. The first-order valence-corrected chi connectivity index (χ1v) is 8.79. The first kappa shape index (κ1) is 24.1. The predicted octanol–water partition coefficient (Wildman–Crippen LogP) is 3.45. The summed E-state index contributed by atoms with van der Waals surface area (Å²) in [6, 6.07) is 8.65. The number of nitrogens with zero attached hydrogens (tertiary/aromatic N) is 2. The third kappa shape index (κ3) is 11.4. The van der Waals surface area contributed by atoms with E-state index in [1.54, 1.807) is 7.11 Å². The summed E-state index contributed by atoms with van der Waals surface area (Å²) in [5.74, 6) is 0.957. The van der Waals surface area contributed by atoms with E-state index >= 15 is 0 Å². The molecule has 0 bridgehead atoms. The molecule has 0 saturated carbocycles. The topological polar surface area (TPSA) is 46.1 Å². The molecule has 0 aliphatic rings. The predicted molar refractivity (Wildman–Crippen MR) is 116 cm³/mol. The second kappa shape index (κ2) is 15.4. The monoisotopic (exact) mass is 463 g/mol. The molecule has 0 amide bonds. The van der Waals surface area contributed by atoms with Gasteiger partial charge in [-0.1, -0.05) is 29.8 Å². The van der Waals surface area contributed by atoms with Gasteiger partial charge in [-0.05, 0) is 32.3 Å². The Balaban J connectivity index is 0.00000576. The molecule has 0 aliphatic carbocycles. The molecule has 5 nitrogen and oxygen atoms in total. The van der Waals surface area contributed by atoms with Crippen LogP contribution in [0.3, 0.4) is 0 Å². The zero-order chi connectivity index (χ0) is 17.6. The highest BCUT2D eigenvalue weighted by Crippen LogP contribution is 2.06. The molecule has 0 saturated heterocycles. The van der Waals surface area contributed by atoms with E-state index in [1.807, 2.05) is 0 Å². The largest absolute Gasteiger partial charge is 0.382 e. The van der Waals surface area contributed by atoms with Crippen molar-refractivity contribution in [2.24, 2.45) is 4.99 Å². The van der Waals surface area contributed by atoms with Crippen molar-refractivity contribution in [2.75, 3.05) is 47.1 Å². The SMILES string of the molecule is CCNC(=NCCCCOCCOC)N(C)Cc1ccc(C)cc1.I. The van der Waals surface area contributed by atoms with Gasteiger partial charge in [-0.15, -0.1) is 24.0 Å². The van der Waals surface area contributed by atoms with Gasteiger partial charge in [0.2, 0.25) is 0 Å². The fourth-order valence-electron chi connectivity index (χ4n) is 2.26. The lowest BCUT2D eigenvalue weighted by molar-refractivity contribution is 0.0690. The molecule has 0 fully saturated rings. The third-order valence-corrected chi connectivity index (χ3v) is 3.63. The Morgan fingerprint density at radius 1 is 1.12 bits per heavy atom. The number of nitrogens with one attached hydrogen (secondary N) is 1. The molecular weight excluding hydrogens is 429 g/mol. The van der Waals surface area contributed by atoms with Gasteiger partial charge >= 0.3 is 0 Å². The van der Waals surface area contributed by atoms with Crippen LogP contribution in [0.5, 0.6) is 0 Å². The van der Waals surface area contributed by atoms with Crippen LogP contribution in [-0.4, -0.2) is 57.9 Å². The van der Waals surface area contributed by atoms with Gasteiger partial charge in [-0.25, -0.2) is 0 Å². The highest BCUT2D eigenvalue weighted by Gasteiger charge is 2.06. The summed E-state index contributed by atoms with van der Waals surface area (Å²) in [4.78, 5) is 6.88. The van der Waals surface area contributed by atoms with Crippen molar-refractivity contribution in [1.82, 2.24) is 10.2 Å². The molecule has 1 rings (SSSR count). The van der Waals surface area contributed by atoms with Gasteiger partial charge < -0.3 is 19.7 Å². The standard InChI is InChI=1S/C19H33N3O2.HI/c1-5-20-19(21-12-6-7-13-24-15-14-23-4)22(3)16-18-10-8-17(2)9-11-18;/h8-11H,5-7,12-16H2,1-4H3,(H,20,21);1H. The normalized spacial score (nSPS) is 11.1. The molecule has 0 atom stereocenters. The number of ether oxygens (including phenoxy) is 2. The maximum Gasteiger partial charge on any atom is 0.193 e. The van der Waals surface area contributed by atoms with Crippen molar-refractivity contribution in [2.45, 2.75) is 33.2 Å². The first-order chi connectivity index (χ1) is 11.7. The van der Waals surface area contributed by atoms with Crippen molar-refractivity contribution in [3.8, 4) is 0 Å². The lowest BCUT2D eigenvalue weighted by Gasteiger charge is -2.22. The van der Waals surface area contributed by atoms with E-state index in [0.29, 0.717) is 13.2 Å². The molecule has 25 heavy (non-hydrogen) atoms. The zero-order valence-electron chi connectivity index (χ0n) is 16.1. The number of methoxy groups -OCH3 is 1. The van der Waals surface area contributed by atoms with Crippen molar-refractivity contribution >= 4 is 29.9 Å². The molecule has 1 N–H and O–H groups in total. The van der Waals surface area contributed by atoms with Crippen LogP contribution in [0.15, 0.2) is 29.3 Å². The highest BCUT2D eigenvalue weighted by molar-refractivity contribution is 14.0. The van der Waals surface area contributed by atoms with Gasteiger partial charge in [0, 0.05) is 40.4 Å². The Morgan fingerprint density at radius 2 is 1.84 bits per heavy atom. The van der Waals surface area contributed by atoms with E-state index in [9.17, 15) is 0 Å². The minimum Gasteiger partial charge on any atom is -0.382 e. The van der Waals surface area contributed by atoms with Crippen molar-refractivity contribution in [1.29, 1.82) is 0 Å². The second-order valence-corrected chi connectivity index (χ2v) is 5.89. The Hall–Kier alpha value is -0.860. The molecule has 6 heteroatoms. The van der Waals surface area contributed by atoms with E-state index in [-0.39, 0.29) is 24.0 Å². The lowest BCUT2D eigenvalue weighted by Crippen LogP contribution is -2.38. The number of halogens is 1. The van der Waals surface area contributed by atoms with Gasteiger partial charge in [-0.2, -0.15) is 0 Å². The summed E-state index contributed by atoms with van der Waals surface area (Å²) in [5, 5.41) is 3.36. The zero-order valence-corrected chi connectivity index (χ0v) is 18.4. The quantitative estimate of drug-likeness (QED) is 0.236. The molecule has 1 aromatic carbocycles. The van der Waals surface area contributed by atoms with E-state index in [0.717, 1.165) is 45.0 Å². The van der Waals surface area contributed by atoms with E-state index in [2.05, 4.69) is 55.4 Å². The number of hydrogen-bond donors (Lipinski definition) is 1. The highest BCUT2D eigenvalue weighted by atomic mass is 127. The number of unbranched alkanes of at least 4 members (excludes halogenated alkanes) is 1. The van der Waals surface area contributed by atoms with Gasteiger partial charge in [0.15, 0.2) is 5.96 Å². The summed E-state index contributed by atoms with van der Waals surface area (Å²) in [7, 11) is 3.77. The molecule has 0 spiro atoms. The van der Waals surface area contributed by atoms with Crippen LogP contribution in [-0.2, 0) is 16.0 Å². The molecular formula is C19H34IN3O2. The molecule has 0 heterocycles.